The second kappa shape index (κ2) is 6.69. The van der Waals surface area contributed by atoms with Gasteiger partial charge < -0.3 is 30.3 Å². The Balaban J connectivity index is 0.000000215. The smallest absolute Gasteiger partial charge is 0 e. The molecule has 0 fully saturated rings. The van der Waals surface area contributed by atoms with Gasteiger partial charge in [0.05, 0.1) is 0 Å². The largest absolute Gasteiger partial charge is 0.748 e. The predicted octanol–water partition coefficient (Wildman–Crippen LogP) is 3.43. The molecule has 2 aromatic carbocycles. The molecule has 0 atom stereocenters. The number of rotatable bonds is 0. The van der Waals surface area contributed by atoms with Crippen LogP contribution in [0.15, 0.2) is 48.5 Å². The zero-order valence-corrected chi connectivity index (χ0v) is 8.99. The second-order valence-corrected chi connectivity index (χ2v) is 2.85. The van der Waals surface area contributed by atoms with Crippen molar-refractivity contribution in [3.63, 3.8) is 0 Å². The summed E-state index contributed by atoms with van der Waals surface area (Å²) < 4.78 is 0. The van der Waals surface area contributed by atoms with E-state index in [1.165, 1.54) is 11.1 Å². The van der Waals surface area contributed by atoms with Crippen molar-refractivity contribution in [1.82, 2.24) is 0 Å². The molecule has 0 aromatic heterocycles. The molecule has 0 unspecified atom stereocenters. The van der Waals surface area contributed by atoms with E-state index in [9.17, 15) is 0 Å². The normalized spacial score (nSPS) is 8.15. The number of hydrogen-bond donors (Lipinski definition) is 0. The van der Waals surface area contributed by atoms with Crippen LogP contribution < -0.4 is 0 Å². The summed E-state index contributed by atoms with van der Waals surface area (Å²) in [5.74, 6) is 0. The standard InChI is InChI=1S/C7H9.C5H5.Co/c1-6-4-3-5-7(6)2;1-2-4-5-3-1;/h3-5H,1-2H3;1-5H;/q-1;-5;. The first-order chi connectivity index (χ1) is 5.80. The molecule has 0 saturated heterocycles. The van der Waals surface area contributed by atoms with Crippen molar-refractivity contribution in [3.05, 3.63) is 59.7 Å². The van der Waals surface area contributed by atoms with E-state index in [1.54, 1.807) is 0 Å². The quantitative estimate of drug-likeness (QED) is 0.593. The van der Waals surface area contributed by atoms with Gasteiger partial charge in [0.15, 0.2) is 0 Å². The van der Waals surface area contributed by atoms with Crippen LogP contribution >= 0.6 is 0 Å². The average molecular weight is 217 g/mol. The molecule has 0 aliphatic heterocycles. The average Bonchev–Trinajstić information content (AvgIpc) is 2.67. The molecule has 0 saturated carbocycles. The fourth-order valence-electron chi connectivity index (χ4n) is 0.920. The van der Waals surface area contributed by atoms with E-state index in [1.807, 2.05) is 30.3 Å². The van der Waals surface area contributed by atoms with Gasteiger partial charge in [-0.2, -0.15) is 17.2 Å². The minimum atomic E-state index is 0. The molecule has 2 aromatic rings. The van der Waals surface area contributed by atoms with Crippen LogP contribution in [-0.4, -0.2) is 0 Å². The Labute approximate surface area is 90.5 Å². The van der Waals surface area contributed by atoms with Gasteiger partial charge >= 0.3 is 0 Å². The molecule has 0 bridgehead atoms. The van der Waals surface area contributed by atoms with E-state index in [2.05, 4.69) is 32.0 Å². The van der Waals surface area contributed by atoms with Crippen LogP contribution in [0.2, 0.25) is 0 Å². The summed E-state index contributed by atoms with van der Waals surface area (Å²) in [5, 5.41) is 0. The number of aryl methyl sites for hydroxylation is 2. The van der Waals surface area contributed by atoms with Gasteiger partial charge in [-0.3, -0.25) is 0 Å². The summed E-state index contributed by atoms with van der Waals surface area (Å²) in [5.41, 5.74) is 2.78. The van der Waals surface area contributed by atoms with E-state index in [4.69, 9.17) is 0 Å². The van der Waals surface area contributed by atoms with Gasteiger partial charge in [-0.1, -0.05) is 13.8 Å². The molecule has 0 nitrogen and oxygen atoms in total. The fraction of sp³-hybridized carbons (Fsp3) is 0.167. The van der Waals surface area contributed by atoms with Gasteiger partial charge in [0.25, 0.3) is 0 Å². The van der Waals surface area contributed by atoms with Gasteiger partial charge in [-0.25, -0.2) is 12.1 Å². The molecule has 0 amide bonds. The zero-order valence-electron chi connectivity index (χ0n) is 7.95. The Hall–Kier alpha value is -0.794. The molecule has 2 rings (SSSR count). The van der Waals surface area contributed by atoms with Crippen molar-refractivity contribution in [2.75, 3.05) is 0 Å². The van der Waals surface area contributed by atoms with Crippen molar-refractivity contribution in [2.45, 2.75) is 13.8 Å². The summed E-state index contributed by atoms with van der Waals surface area (Å²) >= 11 is 0. The van der Waals surface area contributed by atoms with Crippen molar-refractivity contribution in [3.8, 4) is 0 Å². The topological polar surface area (TPSA) is 0 Å². The number of hydrogen-bond acceptors (Lipinski definition) is 0. The molecule has 0 aliphatic rings. The van der Waals surface area contributed by atoms with Gasteiger partial charge in [-0.15, -0.1) is 0 Å². The summed E-state index contributed by atoms with van der Waals surface area (Å²) in [6, 6.07) is 16.3. The zero-order chi connectivity index (χ0) is 8.81. The molecule has 0 heterocycles. The maximum atomic E-state index is 2.12. The Bertz CT molecular complexity index is 257. The SMILES string of the molecule is Cc1ccc[c-]1C.[Co].[cH-]1[cH-][cH-][cH-][cH-]1. The first-order valence-electron chi connectivity index (χ1n) is 4.16. The summed E-state index contributed by atoms with van der Waals surface area (Å²) in [6.45, 7) is 4.24. The second-order valence-electron chi connectivity index (χ2n) is 2.85. The van der Waals surface area contributed by atoms with Gasteiger partial charge in [0, 0.05) is 16.8 Å². The summed E-state index contributed by atoms with van der Waals surface area (Å²) in [7, 11) is 0. The van der Waals surface area contributed by atoms with Crippen molar-refractivity contribution in [1.29, 1.82) is 0 Å². The van der Waals surface area contributed by atoms with Crippen LogP contribution in [0, 0.1) is 13.8 Å². The van der Waals surface area contributed by atoms with E-state index in [0.717, 1.165) is 0 Å². The maximum Gasteiger partial charge on any atom is 0 e. The van der Waals surface area contributed by atoms with E-state index < -0.39 is 0 Å². The molecule has 0 spiro atoms. The molecular weight excluding hydrogens is 203 g/mol. The summed E-state index contributed by atoms with van der Waals surface area (Å²) in [6.07, 6.45) is 0. The van der Waals surface area contributed by atoms with E-state index in [0.29, 0.717) is 0 Å². The molecule has 13 heavy (non-hydrogen) atoms. The molecule has 0 N–H and O–H groups in total. The van der Waals surface area contributed by atoms with Gasteiger partial charge in [0.1, 0.15) is 0 Å². The maximum absolute atomic E-state index is 2.12. The van der Waals surface area contributed by atoms with E-state index in [-0.39, 0.29) is 16.8 Å². The van der Waals surface area contributed by atoms with Gasteiger partial charge in [-0.05, 0) is 0 Å². The van der Waals surface area contributed by atoms with Crippen LogP contribution in [0.4, 0.5) is 0 Å². The first-order valence-corrected chi connectivity index (χ1v) is 4.16. The molecule has 1 radical (unpaired) electrons. The first kappa shape index (κ1) is 12.2. The van der Waals surface area contributed by atoms with Gasteiger partial charge in [0.2, 0.25) is 0 Å². The Morgan fingerprint density at radius 3 is 1.69 bits per heavy atom. The van der Waals surface area contributed by atoms with Crippen LogP contribution in [0.1, 0.15) is 11.1 Å². The molecular formula is C12H14Co-6. The van der Waals surface area contributed by atoms with E-state index >= 15 is 0 Å². The molecule has 1 heteroatoms. The van der Waals surface area contributed by atoms with Crippen molar-refractivity contribution in [2.24, 2.45) is 0 Å². The van der Waals surface area contributed by atoms with Crippen molar-refractivity contribution >= 4 is 0 Å². The third-order valence-corrected chi connectivity index (χ3v) is 1.87. The predicted molar refractivity (Wildman–Crippen MR) is 53.5 cm³/mol. The molecule has 77 valence electrons. The van der Waals surface area contributed by atoms with Crippen LogP contribution in [0.25, 0.3) is 0 Å². The minimum absolute atomic E-state index is 0. The van der Waals surface area contributed by atoms with Crippen LogP contribution in [0.5, 0.6) is 0 Å². The van der Waals surface area contributed by atoms with Crippen LogP contribution in [0.3, 0.4) is 0 Å². The fourth-order valence-corrected chi connectivity index (χ4v) is 0.920. The summed E-state index contributed by atoms with van der Waals surface area (Å²) in [4.78, 5) is 0. The third-order valence-electron chi connectivity index (χ3n) is 1.87. The third kappa shape index (κ3) is 4.71. The Morgan fingerprint density at radius 1 is 1.08 bits per heavy atom. The minimum Gasteiger partial charge on any atom is -0.748 e. The Kier molecular flexibility index (Phi) is 6.28. The van der Waals surface area contributed by atoms with Crippen molar-refractivity contribution < 1.29 is 16.8 Å². The Morgan fingerprint density at radius 2 is 1.54 bits per heavy atom. The molecule has 0 aliphatic carbocycles. The monoisotopic (exact) mass is 217 g/mol. The van der Waals surface area contributed by atoms with Crippen LogP contribution in [-0.2, 0) is 16.8 Å².